The van der Waals surface area contributed by atoms with Gasteiger partial charge in [-0.05, 0) is 37.8 Å². The summed E-state index contributed by atoms with van der Waals surface area (Å²) in [5.41, 5.74) is 2.71. The summed E-state index contributed by atoms with van der Waals surface area (Å²) in [6.45, 7) is -0.259. The second-order valence-electron chi connectivity index (χ2n) is 8.28. The first-order valence-corrected chi connectivity index (χ1v) is 12.2. The number of hydroxylamine groups is 1. The lowest BCUT2D eigenvalue weighted by Crippen LogP contribution is -2.42. The molecule has 15 heteroatoms. The van der Waals surface area contributed by atoms with E-state index >= 15 is 0 Å². The minimum Gasteiger partial charge on any atom is -0.484 e. The van der Waals surface area contributed by atoms with E-state index in [4.69, 9.17) is 13.8 Å². The number of amides is 2. The van der Waals surface area contributed by atoms with Crippen LogP contribution in [0.1, 0.15) is 31.2 Å². The summed E-state index contributed by atoms with van der Waals surface area (Å²) in [5.74, 6) is -2.79. The van der Waals surface area contributed by atoms with Crippen LogP contribution in [0.5, 0.6) is 11.5 Å². The fraction of sp³-hybridized carbons (Fsp3) is 0.476. The summed E-state index contributed by atoms with van der Waals surface area (Å²) in [5, 5.41) is 18.6. The maximum absolute atomic E-state index is 12.6. The zero-order valence-electron chi connectivity index (χ0n) is 19.0. The molecule has 1 aromatic rings. The molecule has 3 heterocycles. The molecule has 2 saturated heterocycles. The van der Waals surface area contributed by atoms with Crippen molar-refractivity contribution in [1.29, 1.82) is 0 Å². The lowest BCUT2D eigenvalue weighted by molar-refractivity contribution is -0.149. The quantitative estimate of drug-likeness (QED) is 0.377. The van der Waals surface area contributed by atoms with Gasteiger partial charge < -0.3 is 29.5 Å². The number of nitrogens with one attached hydrogen (secondary N) is 1. The second kappa shape index (κ2) is 10.9. The summed E-state index contributed by atoms with van der Waals surface area (Å²) >= 11 is -1.95. The number of hydrogen-bond donors (Lipinski definition) is 3. The molecule has 1 aromatic carbocycles. The van der Waals surface area contributed by atoms with E-state index < -0.39 is 60.3 Å². The van der Waals surface area contributed by atoms with Crippen molar-refractivity contribution < 1.29 is 47.4 Å². The van der Waals surface area contributed by atoms with E-state index in [9.17, 15) is 33.6 Å². The number of carbonyl (C=O) groups excluding carboxylic acids is 2. The minimum atomic E-state index is -1.95. The Bertz CT molecular complexity index is 1060. The van der Waals surface area contributed by atoms with Crippen molar-refractivity contribution in [3.05, 3.63) is 23.8 Å². The van der Waals surface area contributed by atoms with Crippen LogP contribution in [-0.4, -0.2) is 92.2 Å². The third-order valence-corrected chi connectivity index (χ3v) is 6.53. The van der Waals surface area contributed by atoms with Crippen LogP contribution in [0.25, 0.3) is 0 Å². The van der Waals surface area contributed by atoms with Gasteiger partial charge in [0.25, 0.3) is 11.8 Å². The van der Waals surface area contributed by atoms with Gasteiger partial charge in [-0.2, -0.15) is 4.28 Å². The molecule has 0 aliphatic carbocycles. The number of nitrogens with zero attached hydrogens (tertiary/aromatic N) is 3. The first kappa shape index (κ1) is 25.4. The Morgan fingerprint density at radius 3 is 1.86 bits per heavy atom. The second-order valence-corrected chi connectivity index (χ2v) is 9.06. The molecule has 4 rings (SSSR count). The first-order chi connectivity index (χ1) is 17.2. The summed E-state index contributed by atoms with van der Waals surface area (Å²) in [7, 11) is 0. The van der Waals surface area contributed by atoms with Gasteiger partial charge in [-0.3, -0.25) is 9.59 Å². The molecular formula is C21H24N4O10S. The van der Waals surface area contributed by atoms with Crippen LogP contribution in [0.3, 0.4) is 0 Å². The van der Waals surface area contributed by atoms with Gasteiger partial charge in [0.05, 0.1) is 0 Å². The molecule has 3 aliphatic heterocycles. The average molecular weight is 525 g/mol. The van der Waals surface area contributed by atoms with Crippen molar-refractivity contribution in [1.82, 2.24) is 15.3 Å². The number of likely N-dealkylation sites (tertiary alicyclic amines) is 2. The Hall–Kier alpha value is -3.72. The largest absolute Gasteiger partial charge is 0.484 e. The predicted molar refractivity (Wildman–Crippen MR) is 121 cm³/mol. The fourth-order valence-electron chi connectivity index (χ4n) is 4.27. The molecular weight excluding hydrogens is 500 g/mol. The molecule has 3 atom stereocenters. The Labute approximate surface area is 207 Å². The van der Waals surface area contributed by atoms with E-state index in [-0.39, 0.29) is 17.3 Å². The van der Waals surface area contributed by atoms with E-state index in [0.29, 0.717) is 44.3 Å². The number of carbonyl (C=O) groups is 4. The summed E-state index contributed by atoms with van der Waals surface area (Å²) in [6.07, 6.45) is 1.88. The minimum absolute atomic E-state index is 0.0947. The number of carboxylic acid groups (broad SMARTS) is 2. The average Bonchev–Trinajstić information content (AvgIpc) is 3.61. The number of hydrogen-bond acceptors (Lipinski definition) is 9. The zero-order chi connectivity index (χ0) is 25.8. The summed E-state index contributed by atoms with van der Waals surface area (Å²) in [4.78, 5) is 50.3. The van der Waals surface area contributed by atoms with Gasteiger partial charge in [-0.15, -0.1) is 4.40 Å². The maximum Gasteiger partial charge on any atom is 0.326 e. The third kappa shape index (κ3) is 5.73. The molecule has 3 aliphatic rings. The van der Waals surface area contributed by atoms with Gasteiger partial charge in [0.1, 0.15) is 23.6 Å². The Morgan fingerprint density at radius 2 is 1.44 bits per heavy atom. The van der Waals surface area contributed by atoms with E-state index in [2.05, 4.69) is 9.88 Å². The van der Waals surface area contributed by atoms with E-state index in [0.717, 1.165) is 0 Å². The van der Waals surface area contributed by atoms with E-state index in [1.165, 1.54) is 28.0 Å². The predicted octanol–water partition coefficient (Wildman–Crippen LogP) is -0.544. The molecule has 194 valence electrons. The molecule has 2 fully saturated rings. The number of carboxylic acids is 2. The summed E-state index contributed by atoms with van der Waals surface area (Å²) in [6, 6.07) is 2.55. The van der Waals surface area contributed by atoms with Crippen LogP contribution < -0.4 is 15.0 Å². The van der Waals surface area contributed by atoms with Crippen molar-refractivity contribution in [2.75, 3.05) is 26.3 Å². The van der Waals surface area contributed by atoms with Crippen LogP contribution >= 0.6 is 0 Å². The number of aliphatic carboxylic acids is 2. The Balaban J connectivity index is 1.47. The number of amidine groups is 1. The van der Waals surface area contributed by atoms with Crippen molar-refractivity contribution >= 4 is 40.9 Å². The molecule has 3 N–H and O–H groups in total. The topological polar surface area (TPSA) is 184 Å². The highest BCUT2D eigenvalue weighted by Crippen LogP contribution is 2.26. The smallest absolute Gasteiger partial charge is 0.326 e. The number of ether oxygens (including phenoxy) is 2. The highest BCUT2D eigenvalue weighted by Gasteiger charge is 2.35. The Morgan fingerprint density at radius 1 is 0.944 bits per heavy atom. The molecule has 0 spiro atoms. The molecule has 36 heavy (non-hydrogen) atoms. The highest BCUT2D eigenvalue weighted by molar-refractivity contribution is 7.79. The van der Waals surface area contributed by atoms with Gasteiger partial charge in [0.15, 0.2) is 19.0 Å². The number of benzene rings is 1. The molecule has 3 unspecified atom stereocenters. The molecule has 0 aromatic heterocycles. The highest BCUT2D eigenvalue weighted by atomic mass is 32.2. The Kier molecular flexibility index (Phi) is 7.69. The van der Waals surface area contributed by atoms with Crippen LogP contribution in [0.4, 0.5) is 0 Å². The third-order valence-electron chi connectivity index (χ3n) is 5.97. The lowest BCUT2D eigenvalue weighted by Gasteiger charge is -2.22. The van der Waals surface area contributed by atoms with Crippen LogP contribution in [0.2, 0.25) is 0 Å². The van der Waals surface area contributed by atoms with Gasteiger partial charge >= 0.3 is 23.2 Å². The van der Waals surface area contributed by atoms with Crippen LogP contribution in [0.15, 0.2) is 22.6 Å². The first-order valence-electron chi connectivity index (χ1n) is 11.1. The van der Waals surface area contributed by atoms with Gasteiger partial charge in [0.2, 0.25) is 0 Å². The number of rotatable bonds is 9. The van der Waals surface area contributed by atoms with Crippen LogP contribution in [-0.2, 0) is 34.7 Å². The van der Waals surface area contributed by atoms with Gasteiger partial charge in [-0.1, -0.05) is 0 Å². The van der Waals surface area contributed by atoms with Gasteiger partial charge in [-0.25, -0.2) is 19.3 Å². The molecule has 0 bridgehead atoms. The molecule has 0 saturated carbocycles. The van der Waals surface area contributed by atoms with Crippen molar-refractivity contribution in [2.24, 2.45) is 4.40 Å². The maximum atomic E-state index is 12.6. The van der Waals surface area contributed by atoms with Crippen molar-refractivity contribution in [3.8, 4) is 11.5 Å². The molecule has 0 radical (unpaired) electrons. The van der Waals surface area contributed by atoms with Gasteiger partial charge in [0, 0.05) is 24.7 Å². The van der Waals surface area contributed by atoms with Crippen molar-refractivity contribution in [2.45, 2.75) is 37.8 Å². The normalized spacial score (nSPS) is 23.2. The fourth-order valence-corrected chi connectivity index (χ4v) is 4.75. The SMILES string of the molecule is O=C(O)C1CCCN1C(=O)COc1cc(OCC(=O)N2CCCC2C(=O)O)cc(C2=NS(=O)ON2)c1. The standard InChI is InChI=1S/C21H24N4O10S/c26-17(24-5-1-3-15(24)20(28)29)10-33-13-7-12(19-22-35-36(32)23-19)8-14(9-13)34-11-18(27)25-6-2-4-16(25)21(30)31/h7-9,15-16H,1-6,10-11H2,(H,22,23)(H,28,29)(H,30,31). The monoisotopic (exact) mass is 524 g/mol. The summed E-state index contributed by atoms with van der Waals surface area (Å²) < 4.78 is 31.1. The lowest BCUT2D eigenvalue weighted by atomic mass is 10.2. The van der Waals surface area contributed by atoms with E-state index in [1.54, 1.807) is 0 Å². The molecule has 2 amide bonds. The molecule has 14 nitrogen and oxygen atoms in total. The van der Waals surface area contributed by atoms with Crippen molar-refractivity contribution in [3.63, 3.8) is 0 Å². The van der Waals surface area contributed by atoms with E-state index in [1.807, 2.05) is 0 Å². The zero-order valence-corrected chi connectivity index (χ0v) is 19.8. The van der Waals surface area contributed by atoms with Crippen LogP contribution in [0, 0.1) is 0 Å².